The zero-order valence-electron chi connectivity index (χ0n) is 17.4. The van der Waals surface area contributed by atoms with E-state index >= 15 is 0 Å². The molecule has 1 aliphatic heterocycles. The van der Waals surface area contributed by atoms with Crippen molar-refractivity contribution in [2.45, 2.75) is 52.0 Å². The van der Waals surface area contributed by atoms with E-state index in [2.05, 4.69) is 15.5 Å². The van der Waals surface area contributed by atoms with Crippen LogP contribution in [0.3, 0.4) is 0 Å². The van der Waals surface area contributed by atoms with Gasteiger partial charge in [-0.3, -0.25) is 9.78 Å². The highest BCUT2D eigenvalue weighted by molar-refractivity contribution is 7.22. The van der Waals surface area contributed by atoms with Gasteiger partial charge in [0.05, 0.1) is 16.6 Å². The Kier molecular flexibility index (Phi) is 5.93. The van der Waals surface area contributed by atoms with Crippen LogP contribution in [0.5, 0.6) is 0 Å². The van der Waals surface area contributed by atoms with Crippen LogP contribution >= 0.6 is 22.7 Å². The number of thiophene rings is 1. The highest BCUT2D eigenvalue weighted by Crippen LogP contribution is 2.41. The standard InChI is InChI=1S/C23H24N4O2S2.H2/c1-14-15(13-29-27-14)4-2-3-5-16(28)10-20-22(17-6-8-25-12-21(17)30-20)23-26-18-11-24-9-7-19(18)31-23;/h7,9,11,13,25H,2-6,8,10,12H2,1H3;1H. The number of hydrogen-bond donors (Lipinski definition) is 1. The number of aromatic nitrogens is 3. The molecule has 8 heteroatoms. The minimum Gasteiger partial charge on any atom is -0.364 e. The van der Waals surface area contributed by atoms with Crippen LogP contribution in [0.2, 0.25) is 0 Å². The van der Waals surface area contributed by atoms with E-state index in [1.807, 2.05) is 25.4 Å². The van der Waals surface area contributed by atoms with Crippen LogP contribution in [-0.4, -0.2) is 27.5 Å². The molecule has 0 fully saturated rings. The van der Waals surface area contributed by atoms with Crippen LogP contribution in [0.15, 0.2) is 29.2 Å². The summed E-state index contributed by atoms with van der Waals surface area (Å²) in [5.41, 5.74) is 5.59. The van der Waals surface area contributed by atoms with Crippen LogP contribution < -0.4 is 5.32 Å². The molecule has 0 saturated heterocycles. The molecular formula is C23H26N4O2S2. The molecule has 0 saturated carbocycles. The third kappa shape index (κ3) is 4.33. The Morgan fingerprint density at radius 2 is 2.26 bits per heavy atom. The topological polar surface area (TPSA) is 80.9 Å². The van der Waals surface area contributed by atoms with Crippen LogP contribution in [-0.2, 0) is 30.6 Å². The molecular weight excluding hydrogens is 428 g/mol. The van der Waals surface area contributed by atoms with E-state index < -0.39 is 0 Å². The van der Waals surface area contributed by atoms with Gasteiger partial charge in [-0.05, 0) is 50.8 Å². The van der Waals surface area contributed by atoms with Gasteiger partial charge in [0.15, 0.2) is 0 Å². The van der Waals surface area contributed by atoms with Gasteiger partial charge in [-0.25, -0.2) is 4.98 Å². The maximum absolute atomic E-state index is 12.8. The van der Waals surface area contributed by atoms with E-state index in [1.54, 1.807) is 28.9 Å². The number of ketones is 1. The van der Waals surface area contributed by atoms with E-state index in [-0.39, 0.29) is 1.43 Å². The molecule has 0 radical (unpaired) electrons. The molecule has 0 aromatic carbocycles. The number of unbranched alkanes of at least 4 members (excludes halogenated alkanes) is 1. The summed E-state index contributed by atoms with van der Waals surface area (Å²) in [4.78, 5) is 24.4. The average molecular weight is 455 g/mol. The summed E-state index contributed by atoms with van der Waals surface area (Å²) in [6, 6.07) is 2.01. The predicted molar refractivity (Wildman–Crippen MR) is 126 cm³/mol. The first-order valence-electron chi connectivity index (χ1n) is 10.7. The van der Waals surface area contributed by atoms with E-state index in [1.165, 1.54) is 20.9 Å². The smallest absolute Gasteiger partial charge is 0.138 e. The molecule has 162 valence electrons. The number of fused-ring (bicyclic) bond motifs is 2. The fraction of sp³-hybridized carbons (Fsp3) is 0.391. The van der Waals surface area contributed by atoms with Crippen molar-refractivity contribution >= 4 is 38.7 Å². The number of nitrogens with zero attached hydrogens (tertiary/aromatic N) is 3. The van der Waals surface area contributed by atoms with Crippen molar-refractivity contribution in [3.63, 3.8) is 0 Å². The summed E-state index contributed by atoms with van der Waals surface area (Å²) < 4.78 is 6.13. The number of rotatable bonds is 8. The largest absolute Gasteiger partial charge is 0.364 e. The molecule has 0 spiro atoms. The zero-order chi connectivity index (χ0) is 21.2. The minimum absolute atomic E-state index is 0. The monoisotopic (exact) mass is 454 g/mol. The van der Waals surface area contributed by atoms with Crippen LogP contribution in [0.1, 0.15) is 47.3 Å². The quantitative estimate of drug-likeness (QED) is 0.372. The number of thiazole rings is 1. The van der Waals surface area contributed by atoms with Gasteiger partial charge in [0.25, 0.3) is 0 Å². The van der Waals surface area contributed by atoms with Gasteiger partial charge in [-0.1, -0.05) is 5.16 Å². The second kappa shape index (κ2) is 8.98. The lowest BCUT2D eigenvalue weighted by Gasteiger charge is -2.13. The van der Waals surface area contributed by atoms with Crippen molar-refractivity contribution in [2.24, 2.45) is 0 Å². The van der Waals surface area contributed by atoms with Crippen LogP contribution in [0.4, 0.5) is 0 Å². The first kappa shape index (κ1) is 20.5. The average Bonchev–Trinajstić information content (AvgIpc) is 3.47. The summed E-state index contributed by atoms with van der Waals surface area (Å²) in [7, 11) is 0. The molecule has 0 bridgehead atoms. The first-order valence-corrected chi connectivity index (χ1v) is 12.3. The lowest BCUT2D eigenvalue weighted by Crippen LogP contribution is -2.22. The van der Waals surface area contributed by atoms with E-state index in [0.29, 0.717) is 18.6 Å². The molecule has 4 aromatic heterocycles. The highest BCUT2D eigenvalue weighted by Gasteiger charge is 2.25. The lowest BCUT2D eigenvalue weighted by molar-refractivity contribution is -0.118. The molecule has 1 N–H and O–H groups in total. The maximum Gasteiger partial charge on any atom is 0.138 e. The Morgan fingerprint density at radius 3 is 3.10 bits per heavy atom. The number of aryl methyl sites for hydroxylation is 2. The molecule has 5 rings (SSSR count). The fourth-order valence-corrected chi connectivity index (χ4v) is 6.56. The second-order valence-corrected chi connectivity index (χ2v) is 10.2. The Labute approximate surface area is 190 Å². The number of nitrogens with one attached hydrogen (secondary N) is 1. The lowest BCUT2D eigenvalue weighted by atomic mass is 10.00. The Balaban J connectivity index is 0.00000245. The summed E-state index contributed by atoms with van der Waals surface area (Å²) in [5, 5.41) is 8.40. The number of carbonyl (C=O) groups excluding carboxylic acids is 1. The van der Waals surface area contributed by atoms with Gasteiger partial charge in [-0.2, -0.15) is 0 Å². The Hall–Kier alpha value is -2.42. The third-order valence-corrected chi connectivity index (χ3v) is 8.05. The van der Waals surface area contributed by atoms with E-state index in [0.717, 1.165) is 65.3 Å². The van der Waals surface area contributed by atoms with Gasteiger partial charge in [0.1, 0.15) is 22.6 Å². The molecule has 0 unspecified atom stereocenters. The third-order valence-electron chi connectivity index (χ3n) is 5.76. The number of Topliss-reactive ketones (excluding diaryl/α,β-unsaturated/α-hetero) is 1. The molecule has 1 aliphatic rings. The second-order valence-electron chi connectivity index (χ2n) is 7.94. The maximum atomic E-state index is 12.8. The van der Waals surface area contributed by atoms with Crippen molar-refractivity contribution in [3.8, 4) is 10.6 Å². The molecule has 0 amide bonds. The summed E-state index contributed by atoms with van der Waals surface area (Å²) in [6.45, 7) is 3.81. The minimum atomic E-state index is 0. The fourth-order valence-electron chi connectivity index (χ4n) is 4.11. The number of hydrogen-bond acceptors (Lipinski definition) is 8. The summed E-state index contributed by atoms with van der Waals surface area (Å²) in [5.74, 6) is 0.303. The normalized spacial score (nSPS) is 13.6. The van der Waals surface area contributed by atoms with Gasteiger partial charge in [-0.15, -0.1) is 22.7 Å². The summed E-state index contributed by atoms with van der Waals surface area (Å²) in [6.07, 6.45) is 10.2. The Morgan fingerprint density at radius 1 is 1.32 bits per heavy atom. The number of carbonyl (C=O) groups is 1. The van der Waals surface area contributed by atoms with E-state index in [4.69, 9.17) is 9.51 Å². The van der Waals surface area contributed by atoms with Crippen molar-refractivity contribution in [3.05, 3.63) is 51.3 Å². The predicted octanol–water partition coefficient (Wildman–Crippen LogP) is 5.13. The molecule has 6 nitrogen and oxygen atoms in total. The highest BCUT2D eigenvalue weighted by atomic mass is 32.1. The van der Waals surface area contributed by atoms with Gasteiger partial charge < -0.3 is 9.84 Å². The molecule has 4 aromatic rings. The van der Waals surface area contributed by atoms with Gasteiger partial charge >= 0.3 is 0 Å². The van der Waals surface area contributed by atoms with Crippen molar-refractivity contribution in [1.29, 1.82) is 0 Å². The van der Waals surface area contributed by atoms with E-state index in [9.17, 15) is 4.79 Å². The van der Waals surface area contributed by atoms with Crippen molar-refractivity contribution in [1.82, 2.24) is 20.4 Å². The molecule has 5 heterocycles. The summed E-state index contributed by atoms with van der Waals surface area (Å²) >= 11 is 3.48. The molecule has 0 aliphatic carbocycles. The Bertz CT molecular complexity index is 1200. The first-order chi connectivity index (χ1) is 15.2. The molecule has 0 atom stereocenters. The van der Waals surface area contributed by atoms with Crippen LogP contribution in [0, 0.1) is 6.92 Å². The van der Waals surface area contributed by atoms with Gasteiger partial charge in [0, 0.05) is 47.9 Å². The van der Waals surface area contributed by atoms with Gasteiger partial charge in [0.2, 0.25) is 0 Å². The van der Waals surface area contributed by atoms with Crippen molar-refractivity contribution in [2.75, 3.05) is 6.54 Å². The van der Waals surface area contributed by atoms with Crippen LogP contribution in [0.25, 0.3) is 20.8 Å². The SMILES string of the molecule is Cc1nocc1CCCCC(=O)Cc1sc2c(c1-c1nc3cnccc3s1)CCNC2.[HH]. The number of pyridine rings is 1. The van der Waals surface area contributed by atoms with Crippen molar-refractivity contribution < 1.29 is 10.7 Å². The zero-order valence-corrected chi connectivity index (χ0v) is 19.1. The molecule has 31 heavy (non-hydrogen) atoms.